The molecule has 1 heterocycles. The van der Waals surface area contributed by atoms with Gasteiger partial charge in [0.1, 0.15) is 12.4 Å². The lowest BCUT2D eigenvalue weighted by Gasteiger charge is -2.20. The summed E-state index contributed by atoms with van der Waals surface area (Å²) in [6.45, 7) is 5.70. The third kappa shape index (κ3) is 3.80. The maximum absolute atomic E-state index is 5.84. The number of hydrogen-bond donors (Lipinski definition) is 1. The Morgan fingerprint density at radius 3 is 2.68 bits per heavy atom. The summed E-state index contributed by atoms with van der Waals surface area (Å²) in [4.78, 5) is 4.21. The summed E-state index contributed by atoms with van der Waals surface area (Å²) in [6, 6.07) is 12.1. The van der Waals surface area contributed by atoms with Crippen molar-refractivity contribution in [1.29, 1.82) is 0 Å². The molecule has 100 valence electrons. The summed E-state index contributed by atoms with van der Waals surface area (Å²) in [5.41, 5.74) is 2.43. The zero-order valence-corrected chi connectivity index (χ0v) is 11.5. The number of pyridine rings is 1. The highest BCUT2D eigenvalue weighted by Crippen LogP contribution is 2.18. The quantitative estimate of drug-likeness (QED) is 0.862. The number of nitrogens with zero attached hydrogens (tertiary/aromatic N) is 1. The zero-order chi connectivity index (χ0) is 13.5. The Hall–Kier alpha value is -1.87. The van der Waals surface area contributed by atoms with E-state index in [-0.39, 0.29) is 6.04 Å². The van der Waals surface area contributed by atoms with Crippen molar-refractivity contribution in [1.82, 2.24) is 10.3 Å². The van der Waals surface area contributed by atoms with Gasteiger partial charge in [0.2, 0.25) is 0 Å². The van der Waals surface area contributed by atoms with E-state index in [9.17, 15) is 0 Å². The largest absolute Gasteiger partial charge is 0.492 e. The highest BCUT2D eigenvalue weighted by atomic mass is 16.5. The highest BCUT2D eigenvalue weighted by Gasteiger charge is 2.13. The van der Waals surface area contributed by atoms with Gasteiger partial charge in [-0.15, -0.1) is 0 Å². The molecule has 0 saturated heterocycles. The van der Waals surface area contributed by atoms with Crippen molar-refractivity contribution < 1.29 is 4.74 Å². The van der Waals surface area contributed by atoms with Gasteiger partial charge in [-0.1, -0.05) is 25.1 Å². The first kappa shape index (κ1) is 13.6. The van der Waals surface area contributed by atoms with Crippen LogP contribution >= 0.6 is 0 Å². The van der Waals surface area contributed by atoms with Gasteiger partial charge in [0.25, 0.3) is 0 Å². The molecule has 0 radical (unpaired) electrons. The van der Waals surface area contributed by atoms with Crippen molar-refractivity contribution in [2.45, 2.75) is 19.9 Å². The number of benzene rings is 1. The summed E-state index contributed by atoms with van der Waals surface area (Å²) < 4.78 is 5.84. The molecule has 3 heteroatoms. The topological polar surface area (TPSA) is 34.1 Å². The summed E-state index contributed by atoms with van der Waals surface area (Å²) in [7, 11) is 0. The molecule has 0 aliphatic rings. The number of nitrogens with one attached hydrogen (secondary N) is 1. The van der Waals surface area contributed by atoms with Gasteiger partial charge in [0.15, 0.2) is 0 Å². The first-order chi connectivity index (χ1) is 9.31. The van der Waals surface area contributed by atoms with Crippen molar-refractivity contribution in [3.63, 3.8) is 0 Å². The van der Waals surface area contributed by atoms with E-state index in [0.29, 0.717) is 6.61 Å². The lowest BCUT2D eigenvalue weighted by atomic mass is 10.0. The molecule has 0 spiro atoms. The summed E-state index contributed by atoms with van der Waals surface area (Å²) in [6.07, 6.45) is 3.73. The van der Waals surface area contributed by atoms with Gasteiger partial charge in [0.05, 0.1) is 6.04 Å². The molecular weight excluding hydrogens is 236 g/mol. The van der Waals surface area contributed by atoms with Gasteiger partial charge in [0, 0.05) is 12.4 Å². The Balaban J connectivity index is 2.07. The molecule has 1 atom stereocenters. The molecule has 19 heavy (non-hydrogen) atoms. The Labute approximate surface area is 114 Å². The van der Waals surface area contributed by atoms with Gasteiger partial charge in [-0.3, -0.25) is 4.98 Å². The molecule has 0 aliphatic heterocycles. The van der Waals surface area contributed by atoms with Crippen LogP contribution in [-0.4, -0.2) is 18.1 Å². The number of rotatable bonds is 6. The van der Waals surface area contributed by atoms with E-state index in [4.69, 9.17) is 4.74 Å². The van der Waals surface area contributed by atoms with E-state index in [1.54, 1.807) is 0 Å². The fourth-order valence-electron chi connectivity index (χ4n) is 2.04. The summed E-state index contributed by atoms with van der Waals surface area (Å²) in [5, 5.41) is 3.44. The van der Waals surface area contributed by atoms with Crippen LogP contribution in [0.4, 0.5) is 0 Å². The van der Waals surface area contributed by atoms with Crippen LogP contribution in [0.2, 0.25) is 0 Å². The smallest absolute Gasteiger partial charge is 0.119 e. The standard InChI is InChI=1S/C16H20N2O/c1-3-18-16(15-11-17-10-9-13(15)2)12-19-14-7-5-4-6-8-14/h4-11,16,18H,3,12H2,1-2H3. The van der Waals surface area contributed by atoms with Crippen molar-refractivity contribution in [3.05, 3.63) is 59.9 Å². The molecule has 1 aromatic heterocycles. The molecule has 0 aliphatic carbocycles. The maximum Gasteiger partial charge on any atom is 0.119 e. The number of likely N-dealkylation sites (N-methyl/N-ethyl adjacent to an activating group) is 1. The number of aryl methyl sites for hydroxylation is 1. The number of para-hydroxylation sites is 1. The van der Waals surface area contributed by atoms with E-state index in [1.165, 1.54) is 11.1 Å². The van der Waals surface area contributed by atoms with Crippen LogP contribution in [0.1, 0.15) is 24.1 Å². The van der Waals surface area contributed by atoms with Gasteiger partial charge < -0.3 is 10.1 Å². The molecule has 0 amide bonds. The predicted octanol–water partition coefficient (Wildman–Crippen LogP) is 3.12. The minimum Gasteiger partial charge on any atom is -0.492 e. The van der Waals surface area contributed by atoms with Crippen LogP contribution in [-0.2, 0) is 0 Å². The molecule has 1 aromatic carbocycles. The second-order valence-corrected chi connectivity index (χ2v) is 4.47. The fourth-order valence-corrected chi connectivity index (χ4v) is 2.04. The number of ether oxygens (including phenoxy) is 1. The van der Waals surface area contributed by atoms with Crippen molar-refractivity contribution in [3.8, 4) is 5.75 Å². The van der Waals surface area contributed by atoms with Gasteiger partial charge >= 0.3 is 0 Å². The average Bonchev–Trinajstić information content (AvgIpc) is 2.45. The van der Waals surface area contributed by atoms with Crippen LogP contribution in [0.5, 0.6) is 5.75 Å². The Bertz CT molecular complexity index is 499. The van der Waals surface area contributed by atoms with Crippen molar-refractivity contribution >= 4 is 0 Å². The molecule has 0 bridgehead atoms. The molecule has 2 rings (SSSR count). The molecule has 3 nitrogen and oxygen atoms in total. The molecule has 1 N–H and O–H groups in total. The summed E-state index contributed by atoms with van der Waals surface area (Å²) in [5.74, 6) is 0.895. The monoisotopic (exact) mass is 256 g/mol. The van der Waals surface area contributed by atoms with Crippen molar-refractivity contribution in [2.75, 3.05) is 13.2 Å². The highest BCUT2D eigenvalue weighted by molar-refractivity contribution is 5.26. The molecule has 0 saturated carbocycles. The van der Waals surface area contributed by atoms with Crippen LogP contribution in [0.15, 0.2) is 48.8 Å². The van der Waals surface area contributed by atoms with Crippen LogP contribution in [0.3, 0.4) is 0 Å². The van der Waals surface area contributed by atoms with E-state index < -0.39 is 0 Å². The van der Waals surface area contributed by atoms with E-state index in [1.807, 2.05) is 48.8 Å². The third-order valence-electron chi connectivity index (χ3n) is 3.07. The van der Waals surface area contributed by atoms with Crippen LogP contribution < -0.4 is 10.1 Å². The molecule has 2 aromatic rings. The van der Waals surface area contributed by atoms with Crippen LogP contribution in [0, 0.1) is 6.92 Å². The second-order valence-electron chi connectivity index (χ2n) is 4.47. The van der Waals surface area contributed by atoms with Crippen LogP contribution in [0.25, 0.3) is 0 Å². The average molecular weight is 256 g/mol. The second kappa shape index (κ2) is 6.90. The Morgan fingerprint density at radius 2 is 2.00 bits per heavy atom. The van der Waals surface area contributed by atoms with Gasteiger partial charge in [-0.2, -0.15) is 0 Å². The minimum absolute atomic E-state index is 0.166. The first-order valence-corrected chi connectivity index (χ1v) is 6.63. The van der Waals surface area contributed by atoms with E-state index >= 15 is 0 Å². The van der Waals surface area contributed by atoms with Crippen molar-refractivity contribution in [2.24, 2.45) is 0 Å². The van der Waals surface area contributed by atoms with Gasteiger partial charge in [-0.25, -0.2) is 0 Å². The Morgan fingerprint density at radius 1 is 1.21 bits per heavy atom. The predicted molar refractivity (Wildman–Crippen MR) is 77.3 cm³/mol. The lowest BCUT2D eigenvalue weighted by molar-refractivity contribution is 0.267. The molecular formula is C16H20N2O. The van der Waals surface area contributed by atoms with E-state index in [2.05, 4.69) is 24.1 Å². The fraction of sp³-hybridized carbons (Fsp3) is 0.312. The normalized spacial score (nSPS) is 12.1. The Kier molecular flexibility index (Phi) is 4.93. The lowest BCUT2D eigenvalue weighted by Crippen LogP contribution is -2.27. The molecule has 0 fully saturated rings. The first-order valence-electron chi connectivity index (χ1n) is 6.63. The maximum atomic E-state index is 5.84. The molecule has 1 unspecified atom stereocenters. The SMILES string of the molecule is CCNC(COc1ccccc1)c1cnccc1C. The number of hydrogen-bond acceptors (Lipinski definition) is 3. The summed E-state index contributed by atoms with van der Waals surface area (Å²) >= 11 is 0. The minimum atomic E-state index is 0.166. The third-order valence-corrected chi connectivity index (χ3v) is 3.07. The van der Waals surface area contributed by atoms with Gasteiger partial charge in [-0.05, 0) is 42.8 Å². The number of aromatic nitrogens is 1. The zero-order valence-electron chi connectivity index (χ0n) is 11.5. The van der Waals surface area contributed by atoms with E-state index in [0.717, 1.165) is 12.3 Å².